The molecule has 3 aliphatic rings. The molecule has 0 radical (unpaired) electrons. The van der Waals surface area contributed by atoms with Gasteiger partial charge >= 0.3 is 6.03 Å². The van der Waals surface area contributed by atoms with Crippen molar-refractivity contribution < 1.29 is 4.79 Å². The van der Waals surface area contributed by atoms with Gasteiger partial charge in [0.2, 0.25) is 0 Å². The van der Waals surface area contributed by atoms with Crippen LogP contribution in [0.4, 0.5) is 10.5 Å². The molecule has 1 aromatic rings. The van der Waals surface area contributed by atoms with Gasteiger partial charge in [0.15, 0.2) is 0 Å². The largest absolute Gasteiger partial charge is 0.326 e. The van der Waals surface area contributed by atoms with Gasteiger partial charge in [0.05, 0.1) is 17.9 Å². The summed E-state index contributed by atoms with van der Waals surface area (Å²) in [4.78, 5) is 20.8. The molecule has 3 aliphatic heterocycles. The Hall–Kier alpha value is -1.60. The smallest absolute Gasteiger partial charge is 0.324 e. The number of likely N-dealkylation sites (tertiary alicyclic amines) is 2. The number of likely N-dealkylation sites (N-methyl/N-ethyl adjacent to an activating group) is 1. The summed E-state index contributed by atoms with van der Waals surface area (Å²) in [7, 11) is 1.85. The van der Waals surface area contributed by atoms with Crippen molar-refractivity contribution in [3.63, 3.8) is 0 Å². The van der Waals surface area contributed by atoms with Gasteiger partial charge in [-0.2, -0.15) is 5.10 Å². The number of hydrogen-bond acceptors (Lipinski definition) is 4. The summed E-state index contributed by atoms with van der Waals surface area (Å²) in [5.74, 6) is 0. The average Bonchev–Trinajstić information content (AvgIpc) is 3.06. The van der Waals surface area contributed by atoms with Crippen LogP contribution in [-0.2, 0) is 0 Å². The van der Waals surface area contributed by atoms with Crippen LogP contribution in [-0.4, -0.2) is 89.9 Å². The third-order valence-corrected chi connectivity index (χ3v) is 5.86. The first-order valence-corrected chi connectivity index (χ1v) is 9.72. The number of urea groups is 1. The monoisotopic (exact) mass is 346 g/mol. The highest BCUT2D eigenvalue weighted by Gasteiger charge is 2.31. The Balaban J connectivity index is 1.23. The highest BCUT2D eigenvalue weighted by atomic mass is 16.2. The molecule has 7 nitrogen and oxygen atoms in total. The van der Waals surface area contributed by atoms with Gasteiger partial charge in [-0.05, 0) is 25.9 Å². The topological polar surface area (TPSA) is 47.9 Å². The van der Waals surface area contributed by atoms with Gasteiger partial charge < -0.3 is 9.80 Å². The van der Waals surface area contributed by atoms with E-state index in [1.165, 1.54) is 51.9 Å². The van der Waals surface area contributed by atoms with Crippen LogP contribution in [0.2, 0.25) is 0 Å². The van der Waals surface area contributed by atoms with Crippen molar-refractivity contribution in [1.29, 1.82) is 0 Å². The fourth-order valence-corrected chi connectivity index (χ4v) is 4.09. The van der Waals surface area contributed by atoms with E-state index in [1.54, 1.807) is 4.90 Å². The van der Waals surface area contributed by atoms with Crippen LogP contribution in [0.1, 0.15) is 31.7 Å². The van der Waals surface area contributed by atoms with Crippen molar-refractivity contribution >= 4 is 11.7 Å². The standard InChI is InChI=1S/C18H30N6O/c1-20-8-11-23(18(20)25)16-12-19-24(15-16)17-13-22(14-17)10-9-21-6-4-2-3-5-7-21/h12,15,17H,2-11,13-14H2,1H3. The lowest BCUT2D eigenvalue weighted by molar-refractivity contribution is 0.0846. The summed E-state index contributed by atoms with van der Waals surface area (Å²) >= 11 is 0. The number of amides is 2. The normalized spacial score (nSPS) is 24.0. The first-order valence-electron chi connectivity index (χ1n) is 9.72. The lowest BCUT2D eigenvalue weighted by atomic mass is 10.1. The van der Waals surface area contributed by atoms with Crippen molar-refractivity contribution in [2.24, 2.45) is 0 Å². The minimum absolute atomic E-state index is 0.0761. The Labute approximate surface area is 150 Å². The number of nitrogens with zero attached hydrogens (tertiary/aromatic N) is 6. The Morgan fingerprint density at radius 2 is 1.72 bits per heavy atom. The summed E-state index contributed by atoms with van der Waals surface area (Å²) in [6, 6.07) is 0.528. The van der Waals surface area contributed by atoms with E-state index in [0.717, 1.165) is 31.9 Å². The molecule has 0 aliphatic carbocycles. The van der Waals surface area contributed by atoms with Crippen LogP contribution < -0.4 is 4.90 Å². The molecule has 1 aromatic heterocycles. The SMILES string of the molecule is CN1CCN(c2cnn(C3CN(CCN4CCCCCC4)C3)c2)C1=O. The van der Waals surface area contributed by atoms with Gasteiger partial charge in [-0.25, -0.2) is 4.79 Å². The molecule has 0 bridgehead atoms. The number of carbonyl (C=O) groups is 1. The summed E-state index contributed by atoms with van der Waals surface area (Å²) in [5, 5.41) is 4.51. The van der Waals surface area contributed by atoms with E-state index in [0.29, 0.717) is 6.04 Å². The molecule has 0 aromatic carbocycles. The van der Waals surface area contributed by atoms with E-state index in [-0.39, 0.29) is 6.03 Å². The van der Waals surface area contributed by atoms with E-state index in [1.807, 2.05) is 29.0 Å². The highest BCUT2D eigenvalue weighted by molar-refractivity contribution is 5.93. The number of carbonyl (C=O) groups excluding carboxylic acids is 1. The average molecular weight is 346 g/mol. The third kappa shape index (κ3) is 3.67. The fraction of sp³-hybridized carbons (Fsp3) is 0.778. The predicted octanol–water partition coefficient (Wildman–Crippen LogP) is 1.49. The van der Waals surface area contributed by atoms with E-state index >= 15 is 0 Å². The van der Waals surface area contributed by atoms with Crippen LogP contribution >= 0.6 is 0 Å². The minimum Gasteiger partial charge on any atom is -0.326 e. The van der Waals surface area contributed by atoms with Gasteiger partial charge in [-0.15, -0.1) is 0 Å². The Kier molecular flexibility index (Phi) is 4.94. The van der Waals surface area contributed by atoms with Crippen LogP contribution in [0.5, 0.6) is 0 Å². The quantitative estimate of drug-likeness (QED) is 0.810. The van der Waals surface area contributed by atoms with E-state index < -0.39 is 0 Å². The van der Waals surface area contributed by atoms with Crippen molar-refractivity contribution in [2.45, 2.75) is 31.7 Å². The second-order valence-corrected chi connectivity index (χ2v) is 7.70. The summed E-state index contributed by atoms with van der Waals surface area (Å²) in [6.07, 6.45) is 9.40. The molecular formula is C18H30N6O. The molecule has 4 rings (SSSR count). The molecule has 0 saturated carbocycles. The van der Waals surface area contributed by atoms with Crippen LogP contribution in [0.3, 0.4) is 0 Å². The molecule has 2 amide bonds. The molecule has 0 N–H and O–H groups in total. The second kappa shape index (κ2) is 7.33. The van der Waals surface area contributed by atoms with Gasteiger partial charge in [0.25, 0.3) is 0 Å². The summed E-state index contributed by atoms with van der Waals surface area (Å²) in [5.41, 5.74) is 0.928. The van der Waals surface area contributed by atoms with Crippen LogP contribution in [0, 0.1) is 0 Å². The fourth-order valence-electron chi connectivity index (χ4n) is 4.09. The Bertz CT molecular complexity index is 588. The maximum atomic E-state index is 12.1. The zero-order valence-corrected chi connectivity index (χ0v) is 15.3. The number of aromatic nitrogens is 2. The van der Waals surface area contributed by atoms with Crippen LogP contribution in [0.15, 0.2) is 12.4 Å². The van der Waals surface area contributed by atoms with E-state index in [9.17, 15) is 4.79 Å². The van der Waals surface area contributed by atoms with Crippen LogP contribution in [0.25, 0.3) is 0 Å². The summed E-state index contributed by atoms with van der Waals surface area (Å²) < 4.78 is 2.05. The Morgan fingerprint density at radius 3 is 2.40 bits per heavy atom. The molecular weight excluding hydrogens is 316 g/mol. The Morgan fingerprint density at radius 1 is 1.00 bits per heavy atom. The van der Waals surface area contributed by atoms with Crippen molar-refractivity contribution in [3.05, 3.63) is 12.4 Å². The van der Waals surface area contributed by atoms with E-state index in [2.05, 4.69) is 14.9 Å². The third-order valence-electron chi connectivity index (χ3n) is 5.86. The van der Waals surface area contributed by atoms with Crippen molar-refractivity contribution in [2.75, 3.05) is 64.3 Å². The first kappa shape index (κ1) is 16.8. The highest BCUT2D eigenvalue weighted by Crippen LogP contribution is 2.25. The molecule has 25 heavy (non-hydrogen) atoms. The second-order valence-electron chi connectivity index (χ2n) is 7.70. The van der Waals surface area contributed by atoms with Gasteiger partial charge in [0.1, 0.15) is 0 Å². The molecule has 7 heteroatoms. The van der Waals surface area contributed by atoms with Gasteiger partial charge in [0, 0.05) is 52.5 Å². The molecule has 3 fully saturated rings. The number of hydrogen-bond donors (Lipinski definition) is 0. The lowest BCUT2D eigenvalue weighted by Crippen LogP contribution is -2.50. The minimum atomic E-state index is 0.0761. The van der Waals surface area contributed by atoms with Gasteiger partial charge in [-0.3, -0.25) is 14.5 Å². The molecule has 0 unspecified atom stereocenters. The van der Waals surface area contributed by atoms with Gasteiger partial charge in [-0.1, -0.05) is 12.8 Å². The van der Waals surface area contributed by atoms with Crippen molar-refractivity contribution in [1.82, 2.24) is 24.5 Å². The van der Waals surface area contributed by atoms with E-state index in [4.69, 9.17) is 0 Å². The number of rotatable bonds is 5. The van der Waals surface area contributed by atoms with Crippen molar-refractivity contribution in [3.8, 4) is 0 Å². The lowest BCUT2D eigenvalue weighted by Gasteiger charge is -2.40. The number of anilines is 1. The molecule has 4 heterocycles. The zero-order valence-electron chi connectivity index (χ0n) is 15.3. The molecule has 0 spiro atoms. The zero-order chi connectivity index (χ0) is 17.2. The maximum absolute atomic E-state index is 12.1. The molecule has 0 atom stereocenters. The maximum Gasteiger partial charge on any atom is 0.324 e. The predicted molar refractivity (Wildman–Crippen MR) is 98.0 cm³/mol. The summed E-state index contributed by atoms with van der Waals surface area (Å²) in [6.45, 7) is 8.61. The molecule has 138 valence electrons. The first-order chi connectivity index (χ1) is 12.2. The molecule has 3 saturated heterocycles.